The number of fused-ring (bicyclic) bond motifs is 9. The van der Waals surface area contributed by atoms with Crippen LogP contribution in [0.3, 0.4) is 0 Å². The van der Waals surface area contributed by atoms with Crippen molar-refractivity contribution in [1.29, 1.82) is 0 Å². The molecule has 3 unspecified atom stereocenters. The molecule has 1 heterocycles. The molecule has 1 aliphatic heterocycles. The van der Waals surface area contributed by atoms with Crippen molar-refractivity contribution in [3.63, 3.8) is 0 Å². The predicted octanol–water partition coefficient (Wildman–Crippen LogP) is 15.9. The zero-order valence-corrected chi connectivity index (χ0v) is 32.8. The number of anilines is 2. The third-order valence-electron chi connectivity index (χ3n) is 14.7. The van der Waals surface area contributed by atoms with E-state index in [2.05, 4.69) is 195 Å². The van der Waals surface area contributed by atoms with Gasteiger partial charge in [0.05, 0.1) is 5.54 Å². The molecule has 1 heteroatoms. The standard InChI is InChI=1S/C57H41N/c1-34-27-31-47-46-33-38(28-32-48(46)58(57(34,47)2)39-21-10-5-11-22-39)40-29-30-45-52-41(40)23-14-26-44(52)55-50(36-15-6-3-7-16-36)53-42-24-12-19-35-20-13-25-43(49(35)42)54(53)51(56(45)55)37-17-8-4-9-18-37/h3-26,28-30,32-34,47H,27,31H2,1-2H3. The van der Waals surface area contributed by atoms with Crippen LogP contribution in [0.5, 0.6) is 0 Å². The van der Waals surface area contributed by atoms with Gasteiger partial charge >= 0.3 is 0 Å². The molecule has 1 nitrogen and oxygen atoms in total. The molecule has 13 rings (SSSR count). The predicted molar refractivity (Wildman–Crippen MR) is 248 cm³/mol. The average Bonchev–Trinajstić information content (AvgIpc) is 3.97. The van der Waals surface area contributed by atoms with Crippen LogP contribution < -0.4 is 4.90 Å². The summed E-state index contributed by atoms with van der Waals surface area (Å²) in [5.74, 6) is 1.09. The fourth-order valence-corrected chi connectivity index (χ4v) is 12.1. The van der Waals surface area contributed by atoms with E-state index in [0.717, 1.165) is 0 Å². The molecule has 11 aromatic carbocycles. The van der Waals surface area contributed by atoms with Gasteiger partial charge in [-0.15, -0.1) is 0 Å². The first kappa shape index (κ1) is 32.4. The van der Waals surface area contributed by atoms with E-state index >= 15 is 0 Å². The summed E-state index contributed by atoms with van der Waals surface area (Å²) in [4.78, 5) is 2.67. The maximum atomic E-state index is 2.67. The third kappa shape index (κ3) is 4.06. The Labute approximate surface area is 338 Å². The summed E-state index contributed by atoms with van der Waals surface area (Å²) in [5, 5.41) is 16.1. The highest BCUT2D eigenvalue weighted by Gasteiger charge is 2.55. The van der Waals surface area contributed by atoms with E-state index in [-0.39, 0.29) is 5.54 Å². The number of hydrogen-bond acceptors (Lipinski definition) is 1. The van der Waals surface area contributed by atoms with Gasteiger partial charge in [0, 0.05) is 17.3 Å². The molecule has 0 spiro atoms. The SMILES string of the molecule is CC1CCC2c3cc(-c4ccc5c6c(-c7ccccc7)c7c8cccc9cccc(c7c(-c7ccccc7)c6c6cccc4c65)c98)ccc3N(c3ccccc3)C12C. The fourth-order valence-electron chi connectivity index (χ4n) is 12.1. The lowest BCUT2D eigenvalue weighted by molar-refractivity contribution is 0.355. The molecule has 0 amide bonds. The third-order valence-corrected chi connectivity index (χ3v) is 14.7. The van der Waals surface area contributed by atoms with Crippen LogP contribution in [-0.4, -0.2) is 5.54 Å². The molecule has 0 radical (unpaired) electrons. The van der Waals surface area contributed by atoms with Crippen molar-refractivity contribution >= 4 is 76.0 Å². The topological polar surface area (TPSA) is 3.24 Å². The molecule has 0 N–H and O–H groups in total. The van der Waals surface area contributed by atoms with Gasteiger partial charge in [0.1, 0.15) is 0 Å². The Morgan fingerprint density at radius 3 is 1.60 bits per heavy atom. The van der Waals surface area contributed by atoms with Gasteiger partial charge in [-0.25, -0.2) is 0 Å². The highest BCUT2D eigenvalue weighted by atomic mass is 15.2. The van der Waals surface area contributed by atoms with Crippen molar-refractivity contribution in [2.45, 2.75) is 38.1 Å². The Kier molecular flexibility index (Phi) is 6.52. The minimum Gasteiger partial charge on any atom is -0.334 e. The van der Waals surface area contributed by atoms with Crippen LogP contribution in [0, 0.1) is 5.92 Å². The molecule has 274 valence electrons. The van der Waals surface area contributed by atoms with E-state index in [1.165, 1.54) is 128 Å². The number of para-hydroxylation sites is 1. The van der Waals surface area contributed by atoms with Crippen molar-refractivity contribution in [2.75, 3.05) is 4.90 Å². The molecule has 11 aromatic rings. The lowest BCUT2D eigenvalue weighted by Gasteiger charge is -2.41. The Bertz CT molecular complexity index is 3290. The first-order valence-corrected chi connectivity index (χ1v) is 21.0. The van der Waals surface area contributed by atoms with Gasteiger partial charge in [-0.05, 0) is 154 Å². The van der Waals surface area contributed by atoms with Gasteiger partial charge in [0.15, 0.2) is 0 Å². The number of nitrogens with zero attached hydrogens (tertiary/aromatic N) is 1. The van der Waals surface area contributed by atoms with E-state index in [1.54, 1.807) is 0 Å². The lowest BCUT2D eigenvalue weighted by atomic mass is 9.81. The number of benzene rings is 9. The summed E-state index contributed by atoms with van der Waals surface area (Å²) in [6, 6.07) is 66.5. The monoisotopic (exact) mass is 739 g/mol. The first-order valence-electron chi connectivity index (χ1n) is 21.0. The summed E-state index contributed by atoms with van der Waals surface area (Å²) >= 11 is 0. The summed E-state index contributed by atoms with van der Waals surface area (Å²) < 4.78 is 0. The minimum absolute atomic E-state index is 0.0526. The van der Waals surface area contributed by atoms with Crippen LogP contribution in [-0.2, 0) is 0 Å². The van der Waals surface area contributed by atoms with Gasteiger partial charge in [-0.1, -0.05) is 159 Å². The molecule has 3 atom stereocenters. The van der Waals surface area contributed by atoms with Crippen LogP contribution in [0.2, 0.25) is 0 Å². The molecule has 1 saturated carbocycles. The number of hydrogen-bond donors (Lipinski definition) is 0. The lowest BCUT2D eigenvalue weighted by Crippen LogP contribution is -2.45. The Morgan fingerprint density at radius 2 is 0.983 bits per heavy atom. The Morgan fingerprint density at radius 1 is 0.448 bits per heavy atom. The van der Waals surface area contributed by atoms with Gasteiger partial charge in [0.2, 0.25) is 0 Å². The Balaban J connectivity index is 1.15. The largest absolute Gasteiger partial charge is 0.334 e. The van der Waals surface area contributed by atoms with E-state index in [9.17, 15) is 0 Å². The molecule has 0 bridgehead atoms. The second-order valence-electron chi connectivity index (χ2n) is 17.3. The van der Waals surface area contributed by atoms with Crippen molar-refractivity contribution in [1.82, 2.24) is 0 Å². The van der Waals surface area contributed by atoms with Crippen molar-refractivity contribution < 1.29 is 0 Å². The maximum absolute atomic E-state index is 2.67. The van der Waals surface area contributed by atoms with Crippen LogP contribution in [0.15, 0.2) is 176 Å². The molecule has 1 fully saturated rings. The Hall–Kier alpha value is -6.70. The van der Waals surface area contributed by atoms with Gasteiger partial charge < -0.3 is 4.90 Å². The molecule has 2 aliphatic rings. The first-order chi connectivity index (χ1) is 28.6. The van der Waals surface area contributed by atoms with E-state index in [1.807, 2.05) is 0 Å². The van der Waals surface area contributed by atoms with Crippen molar-refractivity contribution in [3.05, 3.63) is 181 Å². The van der Waals surface area contributed by atoms with E-state index in [0.29, 0.717) is 11.8 Å². The average molecular weight is 740 g/mol. The van der Waals surface area contributed by atoms with Gasteiger partial charge in [0.25, 0.3) is 0 Å². The minimum atomic E-state index is 0.0526. The molecule has 0 aromatic heterocycles. The summed E-state index contributed by atoms with van der Waals surface area (Å²) in [5.41, 5.74) is 12.1. The fraction of sp³-hybridized carbons (Fsp3) is 0.123. The normalized spacial score (nSPS) is 19.1. The smallest absolute Gasteiger partial charge is 0.0518 e. The molecule has 1 aliphatic carbocycles. The molecule has 0 saturated heterocycles. The van der Waals surface area contributed by atoms with E-state index < -0.39 is 0 Å². The quantitative estimate of drug-likeness (QED) is 0.174. The summed E-state index contributed by atoms with van der Waals surface area (Å²) in [6.07, 6.45) is 2.48. The second kappa shape index (κ2) is 11.7. The summed E-state index contributed by atoms with van der Waals surface area (Å²) in [7, 11) is 0. The van der Waals surface area contributed by atoms with Gasteiger partial charge in [-0.2, -0.15) is 0 Å². The van der Waals surface area contributed by atoms with Crippen LogP contribution >= 0.6 is 0 Å². The zero-order valence-electron chi connectivity index (χ0n) is 32.8. The van der Waals surface area contributed by atoms with Crippen LogP contribution in [0.25, 0.3) is 98.0 Å². The van der Waals surface area contributed by atoms with Crippen molar-refractivity contribution in [2.24, 2.45) is 5.92 Å². The number of rotatable bonds is 4. The second-order valence-corrected chi connectivity index (χ2v) is 17.3. The summed E-state index contributed by atoms with van der Waals surface area (Å²) in [6.45, 7) is 4.98. The zero-order chi connectivity index (χ0) is 38.3. The van der Waals surface area contributed by atoms with Crippen LogP contribution in [0.4, 0.5) is 11.4 Å². The van der Waals surface area contributed by atoms with Crippen molar-refractivity contribution in [3.8, 4) is 33.4 Å². The molecule has 58 heavy (non-hydrogen) atoms. The highest BCUT2D eigenvalue weighted by Crippen LogP contribution is 2.62. The van der Waals surface area contributed by atoms with Gasteiger partial charge in [-0.3, -0.25) is 0 Å². The maximum Gasteiger partial charge on any atom is 0.0518 e. The molecular weight excluding hydrogens is 699 g/mol. The van der Waals surface area contributed by atoms with E-state index in [4.69, 9.17) is 0 Å². The van der Waals surface area contributed by atoms with Crippen LogP contribution in [0.1, 0.15) is 38.2 Å². The molecular formula is C57H41N. The highest BCUT2D eigenvalue weighted by molar-refractivity contribution is 6.46.